The number of hydrogen-bond acceptors (Lipinski definition) is 1. The van der Waals surface area contributed by atoms with Crippen molar-refractivity contribution in [3.8, 4) is 0 Å². The highest BCUT2D eigenvalue weighted by Crippen LogP contribution is 2.46. The summed E-state index contributed by atoms with van der Waals surface area (Å²) in [5, 5.41) is 10.4. The normalized spacial score (nSPS) is 25.1. The van der Waals surface area contributed by atoms with E-state index < -0.39 is 24.1 Å². The quantitative estimate of drug-likeness (QED) is 0.812. The summed E-state index contributed by atoms with van der Waals surface area (Å²) in [5.74, 6) is -1.73. The monoisotopic (exact) mass is 300 g/mol. The number of benzene rings is 1. The number of rotatable bonds is 3. The third kappa shape index (κ3) is 3.79. The van der Waals surface area contributed by atoms with Crippen molar-refractivity contribution < 1.29 is 18.3 Å². The van der Waals surface area contributed by atoms with Crippen LogP contribution in [-0.2, 0) is 0 Å². The van der Waals surface area contributed by atoms with Crippen LogP contribution in [0.25, 0.3) is 0 Å². The van der Waals surface area contributed by atoms with Gasteiger partial charge < -0.3 is 5.11 Å². The molecule has 0 amide bonds. The number of halogens is 3. The van der Waals surface area contributed by atoms with Crippen molar-refractivity contribution in [2.75, 3.05) is 0 Å². The van der Waals surface area contributed by atoms with E-state index in [4.69, 9.17) is 0 Å². The molecular weight excluding hydrogens is 277 g/mol. The molecule has 4 heteroatoms. The lowest BCUT2D eigenvalue weighted by Crippen LogP contribution is -2.36. The highest BCUT2D eigenvalue weighted by Gasteiger charge is 2.47. The Labute approximate surface area is 124 Å². The van der Waals surface area contributed by atoms with Crippen molar-refractivity contribution in [3.05, 3.63) is 35.4 Å². The molecule has 1 aromatic rings. The SMILES string of the molecule is CC(C)c1ccc(C(O)C2CCCCC2C(F)(F)F)cc1. The molecule has 0 bridgehead atoms. The molecule has 118 valence electrons. The first kappa shape index (κ1) is 16.3. The van der Waals surface area contributed by atoms with Crippen molar-refractivity contribution in [2.24, 2.45) is 11.8 Å². The topological polar surface area (TPSA) is 20.2 Å². The Kier molecular flexibility index (Phi) is 4.97. The first-order valence-corrected chi connectivity index (χ1v) is 7.65. The predicted molar refractivity (Wildman–Crippen MR) is 77.0 cm³/mol. The van der Waals surface area contributed by atoms with Gasteiger partial charge in [-0.05, 0) is 29.9 Å². The first-order chi connectivity index (χ1) is 9.80. The standard InChI is InChI=1S/C17H23F3O/c1-11(2)12-7-9-13(10-8-12)16(21)14-5-3-4-6-15(14)17(18,19)20/h7-11,14-16,21H,3-6H2,1-2H3. The van der Waals surface area contributed by atoms with E-state index in [2.05, 4.69) is 13.8 Å². The Morgan fingerprint density at radius 3 is 2.05 bits per heavy atom. The average molecular weight is 300 g/mol. The third-order valence-electron chi connectivity index (χ3n) is 4.59. The van der Waals surface area contributed by atoms with Gasteiger partial charge in [-0.25, -0.2) is 0 Å². The number of aliphatic hydroxyl groups excluding tert-OH is 1. The van der Waals surface area contributed by atoms with Crippen LogP contribution in [0.3, 0.4) is 0 Å². The van der Waals surface area contributed by atoms with Crippen molar-refractivity contribution in [1.29, 1.82) is 0 Å². The molecule has 1 saturated carbocycles. The summed E-state index contributed by atoms with van der Waals surface area (Å²) in [4.78, 5) is 0. The van der Waals surface area contributed by atoms with Crippen molar-refractivity contribution in [1.82, 2.24) is 0 Å². The van der Waals surface area contributed by atoms with Gasteiger partial charge in [-0.1, -0.05) is 51.0 Å². The largest absolute Gasteiger partial charge is 0.392 e. The molecule has 3 atom stereocenters. The lowest BCUT2D eigenvalue weighted by Gasteiger charge is -2.36. The maximum Gasteiger partial charge on any atom is 0.392 e. The fourth-order valence-corrected chi connectivity index (χ4v) is 3.27. The second-order valence-electron chi connectivity index (χ2n) is 6.36. The number of hydrogen-bond donors (Lipinski definition) is 1. The summed E-state index contributed by atoms with van der Waals surface area (Å²) < 4.78 is 39.4. The molecule has 0 saturated heterocycles. The molecule has 1 aliphatic carbocycles. The molecule has 1 aromatic carbocycles. The summed E-state index contributed by atoms with van der Waals surface area (Å²) in [6, 6.07) is 7.33. The van der Waals surface area contributed by atoms with E-state index in [0.29, 0.717) is 24.3 Å². The van der Waals surface area contributed by atoms with Crippen LogP contribution in [0, 0.1) is 11.8 Å². The van der Waals surface area contributed by atoms with E-state index in [1.807, 2.05) is 12.1 Å². The van der Waals surface area contributed by atoms with Crippen molar-refractivity contribution in [3.63, 3.8) is 0 Å². The Bertz CT molecular complexity index is 450. The van der Waals surface area contributed by atoms with Gasteiger partial charge >= 0.3 is 6.18 Å². The molecule has 0 heterocycles. The first-order valence-electron chi connectivity index (χ1n) is 7.65. The van der Waals surface area contributed by atoms with Gasteiger partial charge in [0.1, 0.15) is 0 Å². The maximum atomic E-state index is 13.1. The van der Waals surface area contributed by atoms with Gasteiger partial charge in [0.15, 0.2) is 0 Å². The molecule has 2 rings (SSSR count). The minimum atomic E-state index is -4.22. The lowest BCUT2D eigenvalue weighted by molar-refractivity contribution is -0.207. The minimum absolute atomic E-state index is 0.134. The highest BCUT2D eigenvalue weighted by atomic mass is 19.4. The zero-order valence-corrected chi connectivity index (χ0v) is 12.5. The smallest absolute Gasteiger partial charge is 0.388 e. The van der Waals surface area contributed by atoms with Crippen LogP contribution >= 0.6 is 0 Å². The van der Waals surface area contributed by atoms with Crippen LogP contribution in [0.5, 0.6) is 0 Å². The van der Waals surface area contributed by atoms with Crippen molar-refractivity contribution in [2.45, 2.75) is 57.7 Å². The number of aliphatic hydroxyl groups is 1. The van der Waals surface area contributed by atoms with Gasteiger partial charge in [-0.2, -0.15) is 13.2 Å². The second-order valence-corrected chi connectivity index (χ2v) is 6.36. The molecule has 1 fully saturated rings. The molecule has 0 aliphatic heterocycles. The van der Waals surface area contributed by atoms with Crippen LogP contribution < -0.4 is 0 Å². The molecule has 0 aromatic heterocycles. The van der Waals surface area contributed by atoms with E-state index in [1.54, 1.807) is 12.1 Å². The zero-order valence-electron chi connectivity index (χ0n) is 12.5. The summed E-state index contributed by atoms with van der Waals surface area (Å²) in [5.41, 5.74) is 1.72. The average Bonchev–Trinajstić information content (AvgIpc) is 2.45. The van der Waals surface area contributed by atoms with E-state index in [9.17, 15) is 18.3 Å². The molecule has 21 heavy (non-hydrogen) atoms. The van der Waals surface area contributed by atoms with Gasteiger partial charge in [-0.3, -0.25) is 0 Å². The van der Waals surface area contributed by atoms with Gasteiger partial charge in [-0.15, -0.1) is 0 Å². The Morgan fingerprint density at radius 1 is 1.00 bits per heavy atom. The van der Waals surface area contributed by atoms with Gasteiger partial charge in [0.05, 0.1) is 12.0 Å². The summed E-state index contributed by atoms with van der Waals surface area (Å²) in [6.07, 6.45) is -3.31. The van der Waals surface area contributed by atoms with Crippen LogP contribution in [0.4, 0.5) is 13.2 Å². The maximum absolute atomic E-state index is 13.1. The summed E-state index contributed by atoms with van der Waals surface area (Å²) >= 11 is 0. The van der Waals surface area contributed by atoms with E-state index in [-0.39, 0.29) is 6.42 Å². The molecule has 1 aliphatic rings. The van der Waals surface area contributed by atoms with Crippen LogP contribution in [0.1, 0.15) is 62.7 Å². The van der Waals surface area contributed by atoms with Gasteiger partial charge in [0.25, 0.3) is 0 Å². The Balaban J connectivity index is 2.18. The molecular formula is C17H23F3O. The van der Waals surface area contributed by atoms with Gasteiger partial charge in [0, 0.05) is 5.92 Å². The molecule has 0 spiro atoms. The molecule has 0 radical (unpaired) electrons. The van der Waals surface area contributed by atoms with Crippen LogP contribution in [0.15, 0.2) is 24.3 Å². The summed E-state index contributed by atoms with van der Waals surface area (Å²) in [7, 11) is 0. The summed E-state index contributed by atoms with van der Waals surface area (Å²) in [6.45, 7) is 4.12. The molecule has 3 unspecified atom stereocenters. The highest BCUT2D eigenvalue weighted by molar-refractivity contribution is 5.26. The molecule has 1 N–H and O–H groups in total. The number of alkyl halides is 3. The second kappa shape index (κ2) is 6.39. The minimum Gasteiger partial charge on any atom is -0.388 e. The fraction of sp³-hybridized carbons (Fsp3) is 0.647. The van der Waals surface area contributed by atoms with E-state index in [0.717, 1.165) is 12.0 Å². The van der Waals surface area contributed by atoms with E-state index >= 15 is 0 Å². The molecule has 1 nitrogen and oxygen atoms in total. The van der Waals surface area contributed by atoms with Gasteiger partial charge in [0.2, 0.25) is 0 Å². The third-order valence-corrected chi connectivity index (χ3v) is 4.59. The Morgan fingerprint density at radius 2 is 1.52 bits per heavy atom. The lowest BCUT2D eigenvalue weighted by atomic mass is 9.74. The van der Waals surface area contributed by atoms with E-state index in [1.165, 1.54) is 0 Å². The fourth-order valence-electron chi connectivity index (χ4n) is 3.27. The predicted octanol–water partition coefficient (Wildman–Crippen LogP) is 5.21. The van der Waals surface area contributed by atoms with Crippen LogP contribution in [0.2, 0.25) is 0 Å². The van der Waals surface area contributed by atoms with Crippen LogP contribution in [-0.4, -0.2) is 11.3 Å². The zero-order chi connectivity index (χ0) is 15.6. The Hall–Kier alpha value is -1.03. The van der Waals surface area contributed by atoms with Crippen molar-refractivity contribution >= 4 is 0 Å².